The number of primary amides is 1. The van der Waals surface area contributed by atoms with Gasteiger partial charge in [-0.15, -0.1) is 0 Å². The summed E-state index contributed by atoms with van der Waals surface area (Å²) in [6.45, 7) is 1.82. The number of aryl methyl sites for hydroxylation is 2. The molecule has 0 unspecified atom stereocenters. The zero-order valence-corrected chi connectivity index (χ0v) is 16.7. The van der Waals surface area contributed by atoms with Crippen molar-refractivity contribution in [1.29, 1.82) is 0 Å². The maximum absolute atomic E-state index is 11.2. The number of nitrogens with zero attached hydrogens (tertiary/aromatic N) is 2. The Morgan fingerprint density at radius 2 is 1.64 bits per heavy atom. The minimum atomic E-state index is -4.27. The Balaban J connectivity index is 0.000000221. The van der Waals surface area contributed by atoms with Crippen LogP contribution in [0.3, 0.4) is 0 Å². The molecule has 0 fully saturated rings. The fraction of sp³-hybridized carbons (Fsp3) is 0.111. The van der Waals surface area contributed by atoms with Gasteiger partial charge >= 0.3 is 0 Å². The van der Waals surface area contributed by atoms with Crippen molar-refractivity contribution in [3.63, 3.8) is 0 Å². The van der Waals surface area contributed by atoms with E-state index in [2.05, 4.69) is 0 Å². The van der Waals surface area contributed by atoms with Crippen molar-refractivity contribution in [3.8, 4) is 5.69 Å². The quantitative estimate of drug-likeness (QED) is 0.487. The highest BCUT2D eigenvalue weighted by molar-refractivity contribution is 7.85. The number of rotatable bonds is 3. The van der Waals surface area contributed by atoms with Crippen LogP contribution >= 0.6 is 11.6 Å². The summed E-state index contributed by atoms with van der Waals surface area (Å²) in [5.41, 5.74) is 13.2. The number of nitrogens with two attached hydrogens (primary N) is 2. The number of imidazole rings is 1. The lowest BCUT2D eigenvalue weighted by Crippen LogP contribution is -2.36. The van der Waals surface area contributed by atoms with Gasteiger partial charge in [0.25, 0.3) is 23.7 Å². The second kappa shape index (κ2) is 8.42. The number of carbonyl (C=O) groups excluding carboxylic acids is 1. The van der Waals surface area contributed by atoms with E-state index in [1.54, 1.807) is 46.8 Å². The Labute approximate surface area is 167 Å². The van der Waals surface area contributed by atoms with Gasteiger partial charge in [0.15, 0.2) is 0 Å². The van der Waals surface area contributed by atoms with Gasteiger partial charge in [0.2, 0.25) is 0 Å². The lowest BCUT2D eigenvalue weighted by molar-refractivity contribution is -0.672. The third kappa shape index (κ3) is 5.10. The summed E-state index contributed by atoms with van der Waals surface area (Å²) in [5.74, 6) is -0.250. The van der Waals surface area contributed by atoms with Crippen molar-refractivity contribution in [2.24, 2.45) is 12.8 Å². The van der Waals surface area contributed by atoms with Crippen LogP contribution in [0.2, 0.25) is 5.02 Å². The molecule has 1 aromatic heterocycles. The molecule has 0 atom stereocenters. The van der Waals surface area contributed by atoms with Gasteiger partial charge in [-0.1, -0.05) is 29.3 Å². The molecule has 8 nitrogen and oxygen atoms in total. The smallest absolute Gasteiger partial charge is 0.294 e. The topological polar surface area (TPSA) is 135 Å². The van der Waals surface area contributed by atoms with Crippen LogP contribution < -0.4 is 16.0 Å². The van der Waals surface area contributed by atoms with E-state index in [9.17, 15) is 17.8 Å². The van der Waals surface area contributed by atoms with Crippen LogP contribution in [0.4, 0.5) is 5.82 Å². The number of anilines is 1. The molecule has 1 heterocycles. The van der Waals surface area contributed by atoms with E-state index in [1.165, 1.54) is 12.1 Å². The molecule has 4 N–H and O–H groups in total. The Kier molecular flexibility index (Phi) is 6.45. The molecule has 0 aliphatic rings. The molecule has 2 aromatic carbocycles. The first-order valence-electron chi connectivity index (χ1n) is 7.95. The van der Waals surface area contributed by atoms with Gasteiger partial charge in [0.1, 0.15) is 15.8 Å². The van der Waals surface area contributed by atoms with E-state index in [0.717, 1.165) is 11.3 Å². The first-order valence-corrected chi connectivity index (χ1v) is 9.74. The van der Waals surface area contributed by atoms with Crippen LogP contribution in [0, 0.1) is 6.92 Å². The largest absolute Gasteiger partial charge is 0.744 e. The molecule has 0 bridgehead atoms. The van der Waals surface area contributed by atoms with Crippen molar-refractivity contribution in [2.45, 2.75) is 11.8 Å². The molecular weight excluding hydrogens is 404 g/mol. The predicted molar refractivity (Wildman–Crippen MR) is 104 cm³/mol. The van der Waals surface area contributed by atoms with E-state index >= 15 is 0 Å². The average Bonchev–Trinajstić information content (AvgIpc) is 2.90. The lowest BCUT2D eigenvalue weighted by Gasteiger charge is -2.05. The summed E-state index contributed by atoms with van der Waals surface area (Å²) in [5, 5.41) is 0.638. The molecule has 0 aliphatic heterocycles. The van der Waals surface area contributed by atoms with Gasteiger partial charge in [-0.25, -0.2) is 13.0 Å². The number of hydrogen-bond acceptors (Lipinski definition) is 5. The zero-order chi connectivity index (χ0) is 21.1. The second-order valence-electron chi connectivity index (χ2n) is 5.94. The molecule has 0 radical (unpaired) electrons. The molecule has 10 heteroatoms. The molecule has 0 aliphatic carbocycles. The SMILES string of the molecule is C[n+]1cn(-c2ccc(Cl)cc2)c(N)c1C(N)=O.Cc1ccc(S(=O)(=O)[O-])cc1. The highest BCUT2D eigenvalue weighted by Crippen LogP contribution is 2.17. The van der Waals surface area contributed by atoms with Crippen molar-refractivity contribution in [2.75, 3.05) is 5.73 Å². The van der Waals surface area contributed by atoms with E-state index < -0.39 is 16.0 Å². The summed E-state index contributed by atoms with van der Waals surface area (Å²) >= 11 is 5.81. The minimum Gasteiger partial charge on any atom is -0.744 e. The Morgan fingerprint density at radius 3 is 2.07 bits per heavy atom. The average molecular weight is 423 g/mol. The molecule has 0 saturated carbocycles. The molecular formula is C18H19ClN4O4S. The maximum Gasteiger partial charge on any atom is 0.294 e. The lowest BCUT2D eigenvalue weighted by atomic mass is 10.2. The van der Waals surface area contributed by atoms with Gasteiger partial charge in [-0.3, -0.25) is 4.79 Å². The second-order valence-corrected chi connectivity index (χ2v) is 7.75. The number of halogens is 1. The van der Waals surface area contributed by atoms with Gasteiger partial charge in [0, 0.05) is 5.02 Å². The standard InChI is InChI=1S/C11H11ClN4O.C7H8O3S/c1-15-6-16(10(13)9(15)11(14)17)8-4-2-7(12)3-5-8;1-6-2-4-7(5-3-6)11(8,9)10/h2-6H,1H3,(H3-,13,14,17);2-5H,1H3,(H,8,9,10). The van der Waals surface area contributed by atoms with Crippen molar-refractivity contribution in [3.05, 3.63) is 71.1 Å². The van der Waals surface area contributed by atoms with Gasteiger partial charge in [-0.2, -0.15) is 4.57 Å². The Morgan fingerprint density at radius 1 is 1.11 bits per heavy atom. The van der Waals surface area contributed by atoms with Crippen LogP contribution in [-0.4, -0.2) is 23.4 Å². The minimum absolute atomic E-state index is 0.178. The summed E-state index contributed by atoms with van der Waals surface area (Å²) in [6, 6.07) is 12.9. The van der Waals surface area contributed by atoms with Crippen molar-refractivity contribution in [1.82, 2.24) is 4.57 Å². The summed E-state index contributed by atoms with van der Waals surface area (Å²) in [6.07, 6.45) is 1.69. The number of hydrogen-bond donors (Lipinski definition) is 2. The Bertz CT molecular complexity index is 1090. The predicted octanol–water partition coefficient (Wildman–Crippen LogP) is 1.54. The number of amides is 1. The number of benzene rings is 2. The molecule has 0 spiro atoms. The summed E-state index contributed by atoms with van der Waals surface area (Å²) < 4.78 is 34.4. The maximum atomic E-state index is 11.2. The third-order valence-corrected chi connectivity index (χ3v) is 4.89. The highest BCUT2D eigenvalue weighted by Gasteiger charge is 2.24. The van der Waals surface area contributed by atoms with E-state index in [0.29, 0.717) is 10.8 Å². The number of aromatic nitrogens is 2. The molecule has 0 saturated heterocycles. The van der Waals surface area contributed by atoms with Gasteiger partial charge < -0.3 is 16.0 Å². The fourth-order valence-electron chi connectivity index (χ4n) is 2.40. The number of carbonyl (C=O) groups is 1. The van der Waals surface area contributed by atoms with Crippen LogP contribution in [0.15, 0.2) is 59.8 Å². The first kappa shape index (κ1) is 21.4. The van der Waals surface area contributed by atoms with Crippen LogP contribution in [0.5, 0.6) is 0 Å². The normalized spacial score (nSPS) is 10.9. The van der Waals surface area contributed by atoms with Gasteiger partial charge in [-0.05, 0) is 43.3 Å². The van der Waals surface area contributed by atoms with Crippen molar-refractivity contribution >= 4 is 33.4 Å². The molecule has 1 amide bonds. The Hall–Kier alpha value is -2.88. The van der Waals surface area contributed by atoms with Gasteiger partial charge in [0.05, 0.1) is 11.9 Å². The van der Waals surface area contributed by atoms with E-state index in [-0.39, 0.29) is 10.6 Å². The highest BCUT2D eigenvalue weighted by atomic mass is 35.5. The molecule has 3 rings (SSSR count). The van der Waals surface area contributed by atoms with Crippen molar-refractivity contribution < 1.29 is 22.3 Å². The summed E-state index contributed by atoms with van der Waals surface area (Å²) in [7, 11) is -2.56. The monoisotopic (exact) mass is 422 g/mol. The molecule has 3 aromatic rings. The fourth-order valence-corrected chi connectivity index (χ4v) is 3.00. The molecule has 148 valence electrons. The van der Waals surface area contributed by atoms with Crippen LogP contribution in [0.1, 0.15) is 16.1 Å². The van der Waals surface area contributed by atoms with E-state index in [4.69, 9.17) is 23.1 Å². The number of nitrogen functional groups attached to an aromatic ring is 1. The summed E-state index contributed by atoms with van der Waals surface area (Å²) in [4.78, 5) is 11.1. The molecule has 28 heavy (non-hydrogen) atoms. The third-order valence-electron chi connectivity index (χ3n) is 3.79. The van der Waals surface area contributed by atoms with Crippen LogP contribution in [0.25, 0.3) is 5.69 Å². The first-order chi connectivity index (χ1) is 13.0. The van der Waals surface area contributed by atoms with E-state index in [1.807, 2.05) is 19.1 Å². The zero-order valence-electron chi connectivity index (χ0n) is 15.2. The van der Waals surface area contributed by atoms with Crippen LogP contribution in [-0.2, 0) is 17.2 Å².